The van der Waals surface area contributed by atoms with Gasteiger partial charge < -0.3 is 5.32 Å². The van der Waals surface area contributed by atoms with E-state index in [1.807, 2.05) is 13.0 Å². The molecular weight excluding hydrogens is 312 g/mol. The zero-order valence-corrected chi connectivity index (χ0v) is 12.3. The maximum atomic E-state index is 13.6. The van der Waals surface area contributed by atoms with Crippen LogP contribution in [0.4, 0.5) is 8.78 Å². The lowest BCUT2D eigenvalue weighted by Crippen LogP contribution is -2.19. The number of benzene rings is 2. The quantitative estimate of drug-likeness (QED) is 0.884. The van der Waals surface area contributed by atoms with Gasteiger partial charge in [-0.25, -0.2) is 8.78 Å². The summed E-state index contributed by atoms with van der Waals surface area (Å²) in [4.78, 5) is 0. The van der Waals surface area contributed by atoms with Crippen LogP contribution < -0.4 is 5.32 Å². The van der Waals surface area contributed by atoms with Crippen molar-refractivity contribution in [3.63, 3.8) is 0 Å². The first-order chi connectivity index (χ1) is 9.04. The Kier molecular flexibility index (Phi) is 4.32. The minimum atomic E-state index is -0.327. The van der Waals surface area contributed by atoms with Crippen LogP contribution in [0.15, 0.2) is 40.9 Å². The van der Waals surface area contributed by atoms with Crippen molar-refractivity contribution < 1.29 is 8.78 Å². The molecular formula is C15H14BrF2N. The fourth-order valence-electron chi connectivity index (χ4n) is 2.14. The number of nitrogens with one attached hydrogen (secondary N) is 1. The van der Waals surface area contributed by atoms with Crippen molar-refractivity contribution in [2.75, 3.05) is 7.05 Å². The van der Waals surface area contributed by atoms with Crippen molar-refractivity contribution in [1.29, 1.82) is 0 Å². The summed E-state index contributed by atoms with van der Waals surface area (Å²) in [5, 5.41) is 3.11. The number of hydrogen-bond acceptors (Lipinski definition) is 1. The average molecular weight is 326 g/mol. The molecule has 2 aromatic carbocycles. The van der Waals surface area contributed by atoms with Gasteiger partial charge in [-0.05, 0) is 64.8 Å². The molecule has 0 aliphatic rings. The van der Waals surface area contributed by atoms with E-state index >= 15 is 0 Å². The molecule has 19 heavy (non-hydrogen) atoms. The normalized spacial score (nSPS) is 12.5. The molecule has 1 nitrogen and oxygen atoms in total. The van der Waals surface area contributed by atoms with Crippen molar-refractivity contribution in [2.45, 2.75) is 13.0 Å². The van der Waals surface area contributed by atoms with E-state index in [9.17, 15) is 8.78 Å². The van der Waals surface area contributed by atoms with Gasteiger partial charge in [0.25, 0.3) is 0 Å². The Hall–Kier alpha value is -1.26. The van der Waals surface area contributed by atoms with E-state index in [-0.39, 0.29) is 17.7 Å². The van der Waals surface area contributed by atoms with Gasteiger partial charge in [-0.2, -0.15) is 0 Å². The lowest BCUT2D eigenvalue weighted by atomic mass is 9.95. The molecule has 0 fully saturated rings. The van der Waals surface area contributed by atoms with Gasteiger partial charge in [0.05, 0.1) is 10.5 Å². The summed E-state index contributed by atoms with van der Waals surface area (Å²) in [5.74, 6) is -0.625. The Labute approximate surface area is 119 Å². The van der Waals surface area contributed by atoms with E-state index < -0.39 is 0 Å². The van der Waals surface area contributed by atoms with Gasteiger partial charge in [0, 0.05) is 0 Å². The molecule has 1 unspecified atom stereocenters. The van der Waals surface area contributed by atoms with Gasteiger partial charge in [-0.3, -0.25) is 0 Å². The molecule has 0 aliphatic heterocycles. The minimum Gasteiger partial charge on any atom is -0.309 e. The monoisotopic (exact) mass is 325 g/mol. The third-order valence-electron chi connectivity index (χ3n) is 3.13. The van der Waals surface area contributed by atoms with E-state index in [1.165, 1.54) is 18.2 Å². The fourth-order valence-corrected chi connectivity index (χ4v) is 2.64. The number of rotatable bonds is 3. The van der Waals surface area contributed by atoms with E-state index in [0.717, 1.165) is 16.7 Å². The Bertz CT molecular complexity index is 597. The topological polar surface area (TPSA) is 12.0 Å². The molecule has 1 N–H and O–H groups in total. The van der Waals surface area contributed by atoms with Crippen molar-refractivity contribution in [3.05, 3.63) is 69.2 Å². The van der Waals surface area contributed by atoms with Gasteiger partial charge in [-0.1, -0.05) is 18.2 Å². The predicted octanol–water partition coefficient (Wildman–Crippen LogP) is 4.34. The van der Waals surface area contributed by atoms with E-state index in [2.05, 4.69) is 21.2 Å². The average Bonchev–Trinajstić information content (AvgIpc) is 2.39. The highest BCUT2D eigenvalue weighted by atomic mass is 79.9. The second-order valence-corrected chi connectivity index (χ2v) is 5.16. The molecule has 0 spiro atoms. The number of halogens is 3. The van der Waals surface area contributed by atoms with E-state index in [0.29, 0.717) is 4.47 Å². The molecule has 1 atom stereocenters. The predicted molar refractivity (Wildman–Crippen MR) is 76.1 cm³/mol. The van der Waals surface area contributed by atoms with Gasteiger partial charge in [0.2, 0.25) is 0 Å². The van der Waals surface area contributed by atoms with Crippen LogP contribution in [0, 0.1) is 18.6 Å². The molecule has 2 rings (SSSR count). The summed E-state index contributed by atoms with van der Waals surface area (Å²) < 4.78 is 27.4. The molecule has 0 heterocycles. The first-order valence-electron chi connectivity index (χ1n) is 5.92. The minimum absolute atomic E-state index is 0.263. The fraction of sp³-hybridized carbons (Fsp3) is 0.200. The van der Waals surface area contributed by atoms with Gasteiger partial charge in [0.1, 0.15) is 11.6 Å². The summed E-state index contributed by atoms with van der Waals surface area (Å²) in [7, 11) is 1.77. The smallest absolute Gasteiger partial charge is 0.137 e. The summed E-state index contributed by atoms with van der Waals surface area (Å²) in [6.45, 7) is 1.91. The molecule has 0 saturated carbocycles. The first kappa shape index (κ1) is 14.2. The third kappa shape index (κ3) is 2.85. The largest absolute Gasteiger partial charge is 0.309 e. The maximum Gasteiger partial charge on any atom is 0.137 e. The molecule has 0 aromatic heterocycles. The Balaban J connectivity index is 2.56. The molecule has 2 aromatic rings. The summed E-state index contributed by atoms with van der Waals surface area (Å²) in [6.07, 6.45) is 0. The van der Waals surface area contributed by atoms with Gasteiger partial charge in [0.15, 0.2) is 0 Å². The van der Waals surface area contributed by atoms with Crippen LogP contribution >= 0.6 is 15.9 Å². The standard InChI is InChI=1S/C15H14BrF2N/c1-9-6-7-10(17)8-12(9)15(19-2)11-4-3-5-13(18)14(11)16/h3-8,15,19H,1-2H3. The van der Waals surface area contributed by atoms with Crippen molar-refractivity contribution in [1.82, 2.24) is 5.32 Å². The second kappa shape index (κ2) is 5.80. The van der Waals surface area contributed by atoms with Crippen LogP contribution in [0.3, 0.4) is 0 Å². The summed E-state index contributed by atoms with van der Waals surface area (Å²) in [6, 6.07) is 9.22. The van der Waals surface area contributed by atoms with Gasteiger partial charge >= 0.3 is 0 Å². The molecule has 0 aliphatic carbocycles. The Morgan fingerprint density at radius 2 is 1.84 bits per heavy atom. The number of aryl methyl sites for hydroxylation is 1. The molecule has 4 heteroatoms. The number of hydrogen-bond donors (Lipinski definition) is 1. The Morgan fingerprint density at radius 1 is 1.11 bits per heavy atom. The molecule has 0 bridgehead atoms. The van der Waals surface area contributed by atoms with Gasteiger partial charge in [-0.15, -0.1) is 0 Å². The van der Waals surface area contributed by atoms with Crippen LogP contribution in [0.1, 0.15) is 22.7 Å². The van der Waals surface area contributed by atoms with Crippen molar-refractivity contribution in [3.8, 4) is 0 Å². The highest BCUT2D eigenvalue weighted by Gasteiger charge is 2.19. The van der Waals surface area contributed by atoms with E-state index in [4.69, 9.17) is 0 Å². The molecule has 0 saturated heterocycles. The Morgan fingerprint density at radius 3 is 2.53 bits per heavy atom. The highest BCUT2D eigenvalue weighted by Crippen LogP contribution is 2.31. The molecule has 0 amide bonds. The summed E-state index contributed by atoms with van der Waals surface area (Å²) in [5.41, 5.74) is 2.50. The molecule has 0 radical (unpaired) electrons. The second-order valence-electron chi connectivity index (χ2n) is 4.37. The van der Waals surface area contributed by atoms with Crippen LogP contribution in [0.5, 0.6) is 0 Å². The molecule has 100 valence electrons. The van der Waals surface area contributed by atoms with Crippen LogP contribution in [0.2, 0.25) is 0 Å². The first-order valence-corrected chi connectivity index (χ1v) is 6.71. The zero-order chi connectivity index (χ0) is 14.0. The van der Waals surface area contributed by atoms with E-state index in [1.54, 1.807) is 19.2 Å². The van der Waals surface area contributed by atoms with Crippen LogP contribution in [-0.4, -0.2) is 7.05 Å². The van der Waals surface area contributed by atoms with Crippen molar-refractivity contribution >= 4 is 15.9 Å². The lowest BCUT2D eigenvalue weighted by molar-refractivity contribution is 0.601. The van der Waals surface area contributed by atoms with Crippen molar-refractivity contribution in [2.24, 2.45) is 0 Å². The third-order valence-corrected chi connectivity index (χ3v) is 3.97. The highest BCUT2D eigenvalue weighted by molar-refractivity contribution is 9.10. The SMILES string of the molecule is CNC(c1cc(F)ccc1C)c1cccc(F)c1Br. The van der Waals surface area contributed by atoms with Crippen LogP contribution in [-0.2, 0) is 0 Å². The maximum absolute atomic E-state index is 13.6. The zero-order valence-electron chi connectivity index (χ0n) is 10.7. The lowest BCUT2D eigenvalue weighted by Gasteiger charge is -2.21. The summed E-state index contributed by atoms with van der Waals surface area (Å²) >= 11 is 3.25. The van der Waals surface area contributed by atoms with Crippen LogP contribution in [0.25, 0.3) is 0 Å².